The molecule has 3 heteroatoms. The van der Waals surface area contributed by atoms with E-state index in [4.69, 9.17) is 4.74 Å². The van der Waals surface area contributed by atoms with Crippen molar-refractivity contribution in [2.24, 2.45) is 0 Å². The van der Waals surface area contributed by atoms with Gasteiger partial charge in [0.05, 0.1) is 12.3 Å². The Morgan fingerprint density at radius 1 is 1.25 bits per heavy atom. The zero-order valence-electron chi connectivity index (χ0n) is 12.5. The summed E-state index contributed by atoms with van der Waals surface area (Å²) in [4.78, 5) is 2.66. The second kappa shape index (κ2) is 6.49. The number of hydrogen-bond acceptors (Lipinski definition) is 3. The molecule has 2 saturated heterocycles. The average Bonchev–Trinajstić information content (AvgIpc) is 2.94. The Hall–Kier alpha value is -1.22. The number of nitrogens with zero attached hydrogens (tertiary/aromatic N) is 1. The van der Waals surface area contributed by atoms with E-state index in [1.165, 1.54) is 38.8 Å². The van der Waals surface area contributed by atoms with Gasteiger partial charge in [0.1, 0.15) is 5.75 Å². The molecule has 0 saturated carbocycles. The highest BCUT2D eigenvalue weighted by molar-refractivity contribution is 5.56. The molecule has 2 atom stereocenters. The van der Waals surface area contributed by atoms with Gasteiger partial charge < -0.3 is 15.0 Å². The van der Waals surface area contributed by atoms with Crippen LogP contribution in [0.4, 0.5) is 5.69 Å². The van der Waals surface area contributed by atoms with Crippen LogP contribution in [-0.4, -0.2) is 36.7 Å². The first-order valence-corrected chi connectivity index (χ1v) is 8.09. The van der Waals surface area contributed by atoms with Crippen molar-refractivity contribution in [3.63, 3.8) is 0 Å². The highest BCUT2D eigenvalue weighted by Crippen LogP contribution is 2.31. The lowest BCUT2D eigenvalue weighted by molar-refractivity contribution is 0.188. The molecule has 2 aliphatic heterocycles. The fourth-order valence-electron chi connectivity index (χ4n) is 3.50. The molecule has 3 nitrogen and oxygen atoms in total. The number of benzene rings is 1. The third-order valence-corrected chi connectivity index (χ3v) is 4.53. The van der Waals surface area contributed by atoms with Crippen LogP contribution in [0, 0.1) is 0 Å². The van der Waals surface area contributed by atoms with Crippen LogP contribution in [0.2, 0.25) is 0 Å². The van der Waals surface area contributed by atoms with Crippen LogP contribution in [0.3, 0.4) is 0 Å². The van der Waals surface area contributed by atoms with E-state index in [1.54, 1.807) is 0 Å². The number of para-hydroxylation sites is 2. The van der Waals surface area contributed by atoms with Gasteiger partial charge in [0.2, 0.25) is 0 Å². The van der Waals surface area contributed by atoms with Gasteiger partial charge in [-0.1, -0.05) is 19.1 Å². The minimum absolute atomic E-state index is 0.598. The molecule has 2 heterocycles. The van der Waals surface area contributed by atoms with Crippen molar-refractivity contribution < 1.29 is 4.74 Å². The third kappa shape index (κ3) is 3.09. The number of ether oxygens (including phenoxy) is 1. The maximum absolute atomic E-state index is 5.84. The van der Waals surface area contributed by atoms with E-state index in [9.17, 15) is 0 Å². The van der Waals surface area contributed by atoms with Gasteiger partial charge in [0.25, 0.3) is 0 Å². The molecular formula is C17H26N2O. The molecule has 1 aromatic rings. The molecule has 1 aromatic carbocycles. The predicted octanol–water partition coefficient (Wildman–Crippen LogP) is 3.51. The van der Waals surface area contributed by atoms with Crippen LogP contribution >= 0.6 is 0 Å². The van der Waals surface area contributed by atoms with Crippen LogP contribution in [-0.2, 0) is 0 Å². The molecule has 0 amide bonds. The van der Waals surface area contributed by atoms with Gasteiger partial charge in [-0.2, -0.15) is 0 Å². The summed E-state index contributed by atoms with van der Waals surface area (Å²) in [5, 5.41) is 3.72. The highest BCUT2D eigenvalue weighted by Gasteiger charge is 2.31. The smallest absolute Gasteiger partial charge is 0.142 e. The molecule has 1 N–H and O–H groups in total. The Labute approximate surface area is 122 Å². The molecule has 20 heavy (non-hydrogen) atoms. The van der Waals surface area contributed by atoms with E-state index in [1.807, 2.05) is 0 Å². The number of anilines is 1. The van der Waals surface area contributed by atoms with Crippen LogP contribution in [0.25, 0.3) is 0 Å². The molecule has 2 unspecified atom stereocenters. The number of hydrogen-bond donors (Lipinski definition) is 1. The Balaban J connectivity index is 1.62. The number of nitrogens with one attached hydrogen (secondary N) is 1. The fraction of sp³-hybridized carbons (Fsp3) is 0.647. The van der Waals surface area contributed by atoms with Crippen molar-refractivity contribution in [2.75, 3.05) is 25.0 Å². The van der Waals surface area contributed by atoms with Crippen molar-refractivity contribution in [1.29, 1.82) is 0 Å². The standard InChI is InChI=1S/C17H26N2O/c1-2-12-20-17-8-4-3-7-16(17)18-14-9-11-19-10-5-6-15(19)13-14/h3-4,7-8,14-15,18H,2,5-6,9-13H2,1H3. The Morgan fingerprint density at radius 3 is 3.05 bits per heavy atom. The molecule has 110 valence electrons. The zero-order chi connectivity index (χ0) is 13.8. The van der Waals surface area contributed by atoms with Crippen LogP contribution in [0.1, 0.15) is 39.0 Å². The minimum atomic E-state index is 0.598. The quantitative estimate of drug-likeness (QED) is 0.889. The maximum Gasteiger partial charge on any atom is 0.142 e. The molecule has 2 aliphatic rings. The Bertz CT molecular complexity index is 435. The topological polar surface area (TPSA) is 24.5 Å². The van der Waals surface area contributed by atoms with Gasteiger partial charge in [-0.15, -0.1) is 0 Å². The molecule has 0 radical (unpaired) electrons. The maximum atomic E-state index is 5.84. The molecule has 0 spiro atoms. The zero-order valence-corrected chi connectivity index (χ0v) is 12.5. The first-order valence-electron chi connectivity index (χ1n) is 8.09. The molecule has 2 fully saturated rings. The molecule has 0 bridgehead atoms. The van der Waals surface area contributed by atoms with E-state index in [0.29, 0.717) is 6.04 Å². The monoisotopic (exact) mass is 274 g/mol. The Kier molecular flexibility index (Phi) is 4.46. The summed E-state index contributed by atoms with van der Waals surface area (Å²) < 4.78 is 5.84. The second-order valence-corrected chi connectivity index (χ2v) is 6.04. The number of fused-ring (bicyclic) bond motifs is 1. The first kappa shape index (κ1) is 13.7. The van der Waals surface area contributed by atoms with Crippen LogP contribution in [0.5, 0.6) is 5.75 Å². The van der Waals surface area contributed by atoms with E-state index in [2.05, 4.69) is 41.4 Å². The third-order valence-electron chi connectivity index (χ3n) is 4.53. The van der Waals surface area contributed by atoms with E-state index < -0.39 is 0 Å². The summed E-state index contributed by atoms with van der Waals surface area (Å²) >= 11 is 0. The number of rotatable bonds is 5. The molecular weight excluding hydrogens is 248 g/mol. The van der Waals surface area contributed by atoms with Gasteiger partial charge in [0, 0.05) is 18.6 Å². The summed E-state index contributed by atoms with van der Waals surface area (Å²) in [5.41, 5.74) is 1.16. The molecule has 0 aliphatic carbocycles. The van der Waals surface area contributed by atoms with Gasteiger partial charge in [-0.3, -0.25) is 0 Å². The average molecular weight is 274 g/mol. The normalized spacial score (nSPS) is 26.2. The summed E-state index contributed by atoms with van der Waals surface area (Å²) in [6.07, 6.45) is 6.34. The SMILES string of the molecule is CCCOc1ccccc1NC1CCN2CCCC2C1. The lowest BCUT2D eigenvalue weighted by Gasteiger charge is -2.35. The number of piperidine rings is 1. The summed E-state index contributed by atoms with van der Waals surface area (Å²) in [6, 6.07) is 9.77. The van der Waals surface area contributed by atoms with Gasteiger partial charge >= 0.3 is 0 Å². The second-order valence-electron chi connectivity index (χ2n) is 6.04. The van der Waals surface area contributed by atoms with Crippen molar-refractivity contribution in [1.82, 2.24) is 4.90 Å². The summed E-state index contributed by atoms with van der Waals surface area (Å²) in [5.74, 6) is 1.00. The van der Waals surface area contributed by atoms with Crippen molar-refractivity contribution in [3.8, 4) is 5.75 Å². The van der Waals surface area contributed by atoms with Crippen molar-refractivity contribution in [3.05, 3.63) is 24.3 Å². The van der Waals surface area contributed by atoms with Gasteiger partial charge in [-0.05, 0) is 50.8 Å². The fourth-order valence-corrected chi connectivity index (χ4v) is 3.50. The predicted molar refractivity (Wildman–Crippen MR) is 83.5 cm³/mol. The highest BCUT2D eigenvalue weighted by atomic mass is 16.5. The van der Waals surface area contributed by atoms with E-state index in [0.717, 1.165) is 30.5 Å². The Morgan fingerprint density at radius 2 is 2.15 bits per heavy atom. The first-order chi connectivity index (χ1) is 9.86. The van der Waals surface area contributed by atoms with Crippen LogP contribution in [0.15, 0.2) is 24.3 Å². The van der Waals surface area contributed by atoms with Gasteiger partial charge in [0.15, 0.2) is 0 Å². The summed E-state index contributed by atoms with van der Waals surface area (Å²) in [6.45, 7) is 5.50. The lowest BCUT2D eigenvalue weighted by atomic mass is 9.97. The van der Waals surface area contributed by atoms with Crippen molar-refractivity contribution in [2.45, 2.75) is 51.1 Å². The lowest BCUT2D eigenvalue weighted by Crippen LogP contribution is -2.42. The van der Waals surface area contributed by atoms with Crippen LogP contribution < -0.4 is 10.1 Å². The largest absolute Gasteiger partial charge is 0.491 e. The van der Waals surface area contributed by atoms with Gasteiger partial charge in [-0.25, -0.2) is 0 Å². The molecule has 0 aromatic heterocycles. The van der Waals surface area contributed by atoms with E-state index in [-0.39, 0.29) is 0 Å². The van der Waals surface area contributed by atoms with E-state index >= 15 is 0 Å². The molecule has 3 rings (SSSR count). The summed E-state index contributed by atoms with van der Waals surface area (Å²) in [7, 11) is 0. The minimum Gasteiger partial charge on any atom is -0.491 e. The van der Waals surface area contributed by atoms with Crippen molar-refractivity contribution >= 4 is 5.69 Å².